The van der Waals surface area contributed by atoms with Gasteiger partial charge in [0, 0.05) is 25.2 Å². The number of amidine groups is 1. The molecule has 2 atom stereocenters. The summed E-state index contributed by atoms with van der Waals surface area (Å²) in [4.78, 5) is 4.02. The summed E-state index contributed by atoms with van der Waals surface area (Å²) in [5.74, 6) is 0.469. The highest BCUT2D eigenvalue weighted by Crippen LogP contribution is 2.26. The molecule has 1 fully saturated rings. The van der Waals surface area contributed by atoms with E-state index < -0.39 is 10.0 Å². The van der Waals surface area contributed by atoms with Crippen molar-refractivity contribution in [1.29, 1.82) is 5.41 Å². The molecule has 1 aliphatic rings. The molecule has 1 saturated carbocycles. The molecular weight excluding hydrogens is 266 g/mol. The minimum absolute atomic E-state index is 0.0155. The predicted octanol–water partition coefficient (Wildman–Crippen LogP) is 0.111. The van der Waals surface area contributed by atoms with Crippen molar-refractivity contribution in [2.75, 3.05) is 0 Å². The lowest BCUT2D eigenvalue weighted by Crippen LogP contribution is -2.42. The lowest BCUT2D eigenvalue weighted by Gasteiger charge is -2.18. The number of nitrogens with zero attached hydrogens (tertiary/aromatic N) is 2. The van der Waals surface area contributed by atoms with Gasteiger partial charge in [0.1, 0.15) is 5.82 Å². The van der Waals surface area contributed by atoms with Crippen molar-refractivity contribution in [3.63, 3.8) is 0 Å². The largest absolute Gasteiger partial charge is 0.387 e. The Bertz CT molecular complexity index is 573. The van der Waals surface area contributed by atoms with Gasteiger partial charge in [-0.1, -0.05) is 6.42 Å². The fraction of sp³-hybridized carbons (Fsp3) is 0.636. The number of hydrogen-bond acceptors (Lipinski definition) is 4. The number of aryl methyl sites for hydroxylation is 2. The normalized spacial score (nSPS) is 23.7. The van der Waals surface area contributed by atoms with Crippen LogP contribution in [0.25, 0.3) is 0 Å². The number of nitrogens with one attached hydrogen (secondary N) is 2. The van der Waals surface area contributed by atoms with E-state index in [1.54, 1.807) is 18.5 Å². The summed E-state index contributed by atoms with van der Waals surface area (Å²) in [6.45, 7) is 1.74. The standard InChI is InChI=1S/C11H19N5O2S/c1-7-14-10(6-16(7)2)19(17,18)15-9-5-3-4-8(9)11(12)13/h6,8-9,15H,3-5H2,1-2H3,(H3,12,13). The second-order valence-corrected chi connectivity index (χ2v) is 6.62. The van der Waals surface area contributed by atoms with Crippen LogP contribution in [0.2, 0.25) is 0 Å². The van der Waals surface area contributed by atoms with Crippen molar-refractivity contribution in [1.82, 2.24) is 14.3 Å². The second kappa shape index (κ2) is 4.93. The zero-order chi connectivity index (χ0) is 14.2. The Labute approximate surface area is 112 Å². The molecule has 19 heavy (non-hydrogen) atoms. The van der Waals surface area contributed by atoms with E-state index in [0.29, 0.717) is 12.2 Å². The molecule has 1 heterocycles. The van der Waals surface area contributed by atoms with Crippen LogP contribution in [0.15, 0.2) is 11.2 Å². The minimum atomic E-state index is -3.65. The molecule has 1 aromatic rings. The second-order valence-electron chi connectivity index (χ2n) is 4.96. The van der Waals surface area contributed by atoms with E-state index in [0.717, 1.165) is 12.8 Å². The van der Waals surface area contributed by atoms with Crippen molar-refractivity contribution in [2.45, 2.75) is 37.3 Å². The number of sulfonamides is 1. The van der Waals surface area contributed by atoms with E-state index in [2.05, 4.69) is 9.71 Å². The van der Waals surface area contributed by atoms with Gasteiger partial charge in [0.15, 0.2) is 5.03 Å². The van der Waals surface area contributed by atoms with Gasteiger partial charge < -0.3 is 10.3 Å². The Morgan fingerprint density at radius 1 is 1.58 bits per heavy atom. The van der Waals surface area contributed by atoms with E-state index in [-0.39, 0.29) is 22.8 Å². The molecule has 1 aromatic heterocycles. The molecule has 0 saturated heterocycles. The predicted molar refractivity (Wildman–Crippen MR) is 71.3 cm³/mol. The molecule has 0 bridgehead atoms. The van der Waals surface area contributed by atoms with Crippen molar-refractivity contribution in [2.24, 2.45) is 18.7 Å². The first kappa shape index (κ1) is 14.0. The number of rotatable bonds is 4. The average molecular weight is 285 g/mol. The average Bonchev–Trinajstić information content (AvgIpc) is 2.87. The van der Waals surface area contributed by atoms with E-state index >= 15 is 0 Å². The summed E-state index contributed by atoms with van der Waals surface area (Å²) in [7, 11) is -1.90. The molecule has 1 aliphatic carbocycles. The third kappa shape index (κ3) is 2.79. The van der Waals surface area contributed by atoms with Gasteiger partial charge in [0.2, 0.25) is 0 Å². The summed E-state index contributed by atoms with van der Waals surface area (Å²) in [5, 5.41) is 7.51. The maximum atomic E-state index is 12.2. The highest BCUT2D eigenvalue weighted by Gasteiger charge is 2.33. The van der Waals surface area contributed by atoms with Crippen LogP contribution < -0.4 is 10.5 Å². The molecule has 0 aliphatic heterocycles. The summed E-state index contributed by atoms with van der Waals surface area (Å²) in [6.07, 6.45) is 3.81. The van der Waals surface area contributed by atoms with Crippen LogP contribution in [0, 0.1) is 18.3 Å². The van der Waals surface area contributed by atoms with Crippen LogP contribution in [0.1, 0.15) is 25.1 Å². The summed E-state index contributed by atoms with van der Waals surface area (Å²) in [5.41, 5.74) is 5.50. The Hall–Kier alpha value is -1.41. The SMILES string of the molecule is Cc1nc(S(=O)(=O)NC2CCCC2C(=N)N)cn1C. The van der Waals surface area contributed by atoms with Crippen LogP contribution in [-0.4, -0.2) is 29.8 Å². The molecule has 0 amide bonds. The highest BCUT2D eigenvalue weighted by molar-refractivity contribution is 7.89. The third-order valence-corrected chi connectivity index (χ3v) is 4.94. The molecule has 2 rings (SSSR count). The molecule has 0 radical (unpaired) electrons. The van der Waals surface area contributed by atoms with Gasteiger partial charge in [-0.3, -0.25) is 5.41 Å². The van der Waals surface area contributed by atoms with Gasteiger partial charge in [-0.15, -0.1) is 0 Å². The Balaban J connectivity index is 2.20. The highest BCUT2D eigenvalue weighted by atomic mass is 32.2. The van der Waals surface area contributed by atoms with Crippen LogP contribution in [0.5, 0.6) is 0 Å². The lowest BCUT2D eigenvalue weighted by atomic mass is 10.0. The van der Waals surface area contributed by atoms with Crippen LogP contribution >= 0.6 is 0 Å². The van der Waals surface area contributed by atoms with Crippen molar-refractivity contribution >= 4 is 15.9 Å². The van der Waals surface area contributed by atoms with E-state index in [4.69, 9.17) is 11.1 Å². The lowest BCUT2D eigenvalue weighted by molar-refractivity contribution is 0.519. The monoisotopic (exact) mass is 285 g/mol. The van der Waals surface area contributed by atoms with Gasteiger partial charge in [-0.25, -0.2) is 18.1 Å². The topological polar surface area (TPSA) is 114 Å². The number of imidazole rings is 1. The first-order valence-corrected chi connectivity index (χ1v) is 7.66. The van der Waals surface area contributed by atoms with E-state index in [1.807, 2.05) is 0 Å². The van der Waals surface area contributed by atoms with Gasteiger partial charge >= 0.3 is 0 Å². The zero-order valence-electron chi connectivity index (χ0n) is 11.0. The first-order valence-electron chi connectivity index (χ1n) is 6.17. The third-order valence-electron chi connectivity index (χ3n) is 3.58. The van der Waals surface area contributed by atoms with E-state index in [1.165, 1.54) is 6.20 Å². The molecule has 8 heteroatoms. The van der Waals surface area contributed by atoms with Gasteiger partial charge in [0.25, 0.3) is 10.0 Å². The van der Waals surface area contributed by atoms with Crippen LogP contribution in [-0.2, 0) is 17.1 Å². The van der Waals surface area contributed by atoms with Crippen molar-refractivity contribution in [3.05, 3.63) is 12.0 Å². The number of nitrogens with two attached hydrogens (primary N) is 1. The molecule has 0 aromatic carbocycles. The molecule has 2 unspecified atom stereocenters. The quantitative estimate of drug-likeness (QED) is 0.538. The number of hydrogen-bond donors (Lipinski definition) is 3. The fourth-order valence-electron chi connectivity index (χ4n) is 2.39. The van der Waals surface area contributed by atoms with Crippen LogP contribution in [0.3, 0.4) is 0 Å². The van der Waals surface area contributed by atoms with Gasteiger partial charge in [-0.2, -0.15) is 0 Å². The molecule has 106 valence electrons. The molecule has 4 N–H and O–H groups in total. The maximum Gasteiger partial charge on any atom is 0.259 e. The molecule has 7 nitrogen and oxygen atoms in total. The minimum Gasteiger partial charge on any atom is -0.387 e. The van der Waals surface area contributed by atoms with Gasteiger partial charge in [-0.05, 0) is 19.8 Å². The van der Waals surface area contributed by atoms with Gasteiger partial charge in [0.05, 0.1) is 5.84 Å². The number of aromatic nitrogens is 2. The maximum absolute atomic E-state index is 12.2. The van der Waals surface area contributed by atoms with Crippen LogP contribution in [0.4, 0.5) is 0 Å². The Morgan fingerprint density at radius 3 is 2.79 bits per heavy atom. The summed E-state index contributed by atoms with van der Waals surface area (Å²) >= 11 is 0. The summed E-state index contributed by atoms with van der Waals surface area (Å²) in [6, 6.07) is -0.301. The van der Waals surface area contributed by atoms with Crippen molar-refractivity contribution < 1.29 is 8.42 Å². The Morgan fingerprint density at radius 2 is 2.26 bits per heavy atom. The smallest absolute Gasteiger partial charge is 0.259 e. The van der Waals surface area contributed by atoms with Crippen molar-refractivity contribution in [3.8, 4) is 0 Å². The Kier molecular flexibility index (Phi) is 3.64. The fourth-order valence-corrected chi connectivity index (χ4v) is 3.74. The molecule has 0 spiro atoms. The first-order chi connectivity index (χ1) is 8.81. The molecular formula is C11H19N5O2S. The summed E-state index contributed by atoms with van der Waals surface area (Å²) < 4.78 is 28.7. The van der Waals surface area contributed by atoms with E-state index in [9.17, 15) is 8.42 Å². The zero-order valence-corrected chi connectivity index (χ0v) is 11.9.